The van der Waals surface area contributed by atoms with Gasteiger partial charge in [0.05, 0.1) is 5.02 Å². The molecule has 0 bridgehead atoms. The highest BCUT2D eigenvalue weighted by Gasteiger charge is 2.23. The highest BCUT2D eigenvalue weighted by Crippen LogP contribution is 2.40. The van der Waals surface area contributed by atoms with Gasteiger partial charge in [0.15, 0.2) is 5.06 Å². The summed E-state index contributed by atoms with van der Waals surface area (Å²) in [5.74, 6) is -0.629. The van der Waals surface area contributed by atoms with Crippen LogP contribution >= 0.6 is 58.5 Å². The first kappa shape index (κ1) is 21.2. The Hall–Kier alpha value is -1.51. The van der Waals surface area contributed by atoms with Crippen molar-refractivity contribution in [2.24, 2.45) is 0 Å². The fourth-order valence-corrected chi connectivity index (χ4v) is 4.26. The van der Waals surface area contributed by atoms with Gasteiger partial charge in [-0.25, -0.2) is 4.39 Å². The highest BCUT2D eigenvalue weighted by molar-refractivity contribution is 8.22. The van der Waals surface area contributed by atoms with E-state index in [-0.39, 0.29) is 25.6 Å². The topological polar surface area (TPSA) is 39.2 Å². The lowest BCUT2D eigenvalue weighted by molar-refractivity contribution is 0.593. The van der Waals surface area contributed by atoms with E-state index in [1.165, 1.54) is 17.8 Å². The summed E-state index contributed by atoms with van der Waals surface area (Å²) >= 11 is 19.6. The van der Waals surface area contributed by atoms with Crippen LogP contribution < -0.4 is 10.3 Å². The Balaban J connectivity index is 2.26. The molecule has 3 rings (SSSR count). The van der Waals surface area contributed by atoms with Crippen molar-refractivity contribution in [3.05, 3.63) is 68.2 Å². The first-order valence-electron chi connectivity index (χ1n) is 7.83. The maximum atomic E-state index is 14.7. The Bertz CT molecular complexity index is 1090. The standard InChI is InChI=1S/C19H12Cl2FNO2S3/c1-9-7-12(21)14(13(22)8-9)15-16(24)23-17(10-3-5-11(20)6-4-10)28-18(15)25-19(26)27-2/h3-8H,1-2H3. The van der Waals surface area contributed by atoms with Gasteiger partial charge in [-0.15, -0.1) is 0 Å². The van der Waals surface area contributed by atoms with Crippen LogP contribution in [0.25, 0.3) is 21.7 Å². The van der Waals surface area contributed by atoms with Crippen LogP contribution in [0.3, 0.4) is 0 Å². The second-order valence-electron chi connectivity index (χ2n) is 5.65. The summed E-state index contributed by atoms with van der Waals surface area (Å²) in [5.41, 5.74) is 0.542. The molecule has 2 aromatic carbocycles. The summed E-state index contributed by atoms with van der Waals surface area (Å²) in [4.78, 5) is 17.0. The van der Waals surface area contributed by atoms with Gasteiger partial charge in [-0.05, 0) is 55.2 Å². The van der Waals surface area contributed by atoms with Gasteiger partial charge in [0.2, 0.25) is 4.38 Å². The molecule has 1 aromatic heterocycles. The Morgan fingerprint density at radius 2 is 1.89 bits per heavy atom. The quantitative estimate of drug-likeness (QED) is 0.401. The predicted molar refractivity (Wildman–Crippen MR) is 121 cm³/mol. The third kappa shape index (κ3) is 4.55. The number of aryl methyl sites for hydroxylation is 1. The van der Waals surface area contributed by atoms with Crippen molar-refractivity contribution in [1.82, 2.24) is 4.98 Å². The van der Waals surface area contributed by atoms with Gasteiger partial charge in [-0.3, -0.25) is 4.79 Å². The molecule has 0 aliphatic rings. The number of thioether (sulfide) groups is 1. The van der Waals surface area contributed by atoms with Crippen molar-refractivity contribution in [2.75, 3.05) is 6.26 Å². The minimum atomic E-state index is -0.660. The summed E-state index contributed by atoms with van der Waals surface area (Å²) in [6, 6.07) is 9.72. The molecule has 0 radical (unpaired) electrons. The summed E-state index contributed by atoms with van der Waals surface area (Å²) < 4.78 is 20.6. The summed E-state index contributed by atoms with van der Waals surface area (Å²) in [7, 11) is 0. The second-order valence-corrected chi connectivity index (χ2v) is 8.87. The lowest BCUT2D eigenvalue weighted by Gasteiger charge is -2.13. The van der Waals surface area contributed by atoms with Crippen LogP contribution in [0.5, 0.6) is 5.06 Å². The molecule has 0 spiro atoms. The fraction of sp³-hybridized carbons (Fsp3) is 0.105. The van der Waals surface area contributed by atoms with Gasteiger partial charge in [0, 0.05) is 16.1 Å². The third-order valence-electron chi connectivity index (χ3n) is 3.68. The largest absolute Gasteiger partial charge is 0.428 e. The molecule has 144 valence electrons. The van der Waals surface area contributed by atoms with E-state index in [2.05, 4.69) is 4.98 Å². The van der Waals surface area contributed by atoms with E-state index in [4.69, 9.17) is 40.2 Å². The number of nitrogens with zero attached hydrogens (tertiary/aromatic N) is 1. The van der Waals surface area contributed by atoms with E-state index in [0.717, 1.165) is 11.3 Å². The molecule has 3 nitrogen and oxygen atoms in total. The Labute approximate surface area is 184 Å². The highest BCUT2D eigenvalue weighted by atomic mass is 35.5. The average Bonchev–Trinajstić information content (AvgIpc) is 2.63. The zero-order valence-electron chi connectivity index (χ0n) is 14.6. The van der Waals surface area contributed by atoms with Crippen molar-refractivity contribution in [2.45, 2.75) is 6.92 Å². The van der Waals surface area contributed by atoms with Crippen LogP contribution in [0.2, 0.25) is 10.0 Å². The number of thiocarbonyl (C=S) groups is 1. The smallest absolute Gasteiger partial charge is 0.283 e. The number of halogens is 3. The molecule has 0 fully saturated rings. The van der Waals surface area contributed by atoms with Crippen molar-refractivity contribution in [3.63, 3.8) is 0 Å². The molecule has 0 aliphatic heterocycles. The summed E-state index contributed by atoms with van der Waals surface area (Å²) in [5, 5.41) is 1.19. The summed E-state index contributed by atoms with van der Waals surface area (Å²) in [6.45, 7) is 1.71. The molecule has 28 heavy (non-hydrogen) atoms. The number of aromatic nitrogens is 1. The van der Waals surface area contributed by atoms with E-state index in [9.17, 15) is 9.18 Å². The Morgan fingerprint density at radius 3 is 2.50 bits per heavy atom. The van der Waals surface area contributed by atoms with Gasteiger partial charge in [0.25, 0.3) is 5.56 Å². The van der Waals surface area contributed by atoms with E-state index in [0.29, 0.717) is 21.2 Å². The minimum Gasteiger partial charge on any atom is -0.428 e. The molecule has 0 aliphatic carbocycles. The fourth-order valence-electron chi connectivity index (χ4n) is 2.45. The number of benzene rings is 2. The lowest BCUT2D eigenvalue weighted by Crippen LogP contribution is -2.13. The van der Waals surface area contributed by atoms with E-state index in [1.54, 1.807) is 43.5 Å². The molecule has 0 unspecified atom stereocenters. The van der Waals surface area contributed by atoms with Gasteiger partial charge < -0.3 is 4.74 Å². The molecule has 0 amide bonds. The molecule has 3 aromatic rings. The molecule has 0 N–H and O–H groups in total. The van der Waals surface area contributed by atoms with E-state index >= 15 is 0 Å². The van der Waals surface area contributed by atoms with Gasteiger partial charge in [-0.1, -0.05) is 58.4 Å². The van der Waals surface area contributed by atoms with Gasteiger partial charge >= 0.3 is 0 Å². The van der Waals surface area contributed by atoms with Crippen molar-refractivity contribution >= 4 is 62.9 Å². The average molecular weight is 472 g/mol. The van der Waals surface area contributed by atoms with Crippen LogP contribution in [0.1, 0.15) is 5.56 Å². The van der Waals surface area contributed by atoms with Gasteiger partial charge in [0.1, 0.15) is 16.4 Å². The molecule has 0 saturated carbocycles. The molecule has 1 heterocycles. The van der Waals surface area contributed by atoms with Crippen LogP contribution in [-0.2, 0) is 0 Å². The zero-order valence-corrected chi connectivity index (χ0v) is 18.5. The lowest BCUT2D eigenvalue weighted by atomic mass is 10.1. The molecular weight excluding hydrogens is 460 g/mol. The number of ether oxygens (including phenoxy) is 1. The van der Waals surface area contributed by atoms with Crippen LogP contribution in [0.4, 0.5) is 4.39 Å². The van der Waals surface area contributed by atoms with E-state index in [1.807, 2.05) is 0 Å². The summed E-state index contributed by atoms with van der Waals surface area (Å²) in [6.07, 6.45) is 1.74. The van der Waals surface area contributed by atoms with E-state index < -0.39 is 11.4 Å². The van der Waals surface area contributed by atoms with Crippen molar-refractivity contribution < 1.29 is 9.13 Å². The maximum Gasteiger partial charge on any atom is 0.283 e. The number of hydrogen-bond acceptors (Lipinski definition) is 6. The SMILES string of the molecule is CSC(=S)Oc1sc(-c2ccc(Cl)cc2)nc(=O)c1-c1c(F)cc(C)cc1Cl. The second kappa shape index (κ2) is 8.88. The minimum absolute atomic E-state index is 0.0532. The zero-order chi connectivity index (χ0) is 20.4. The number of rotatable bonds is 3. The Kier molecular flexibility index (Phi) is 6.73. The van der Waals surface area contributed by atoms with Gasteiger partial charge in [-0.2, -0.15) is 4.98 Å². The first-order chi connectivity index (χ1) is 13.3. The third-order valence-corrected chi connectivity index (χ3v) is 6.22. The normalized spacial score (nSPS) is 10.8. The molecular formula is C19H12Cl2FNO2S3. The predicted octanol–water partition coefficient (Wildman–Crippen LogP) is 6.62. The first-order valence-corrected chi connectivity index (χ1v) is 11.0. The molecule has 0 atom stereocenters. The molecule has 9 heteroatoms. The maximum absolute atomic E-state index is 14.7. The van der Waals surface area contributed by atoms with Crippen molar-refractivity contribution in [3.8, 4) is 26.8 Å². The number of hydrogen-bond donors (Lipinski definition) is 0. The van der Waals surface area contributed by atoms with Crippen molar-refractivity contribution in [1.29, 1.82) is 0 Å². The monoisotopic (exact) mass is 471 g/mol. The molecule has 0 saturated heterocycles. The van der Waals surface area contributed by atoms with Crippen LogP contribution in [-0.4, -0.2) is 15.6 Å². The van der Waals surface area contributed by atoms with Crippen LogP contribution in [0, 0.1) is 12.7 Å². The van der Waals surface area contributed by atoms with Crippen LogP contribution in [0.15, 0.2) is 41.2 Å². The Morgan fingerprint density at radius 1 is 1.21 bits per heavy atom.